The summed E-state index contributed by atoms with van der Waals surface area (Å²) in [4.78, 5) is 26.8. The lowest BCUT2D eigenvalue weighted by atomic mass is 9.79. The van der Waals surface area contributed by atoms with Crippen LogP contribution in [0.3, 0.4) is 0 Å². The van der Waals surface area contributed by atoms with Crippen molar-refractivity contribution in [1.82, 2.24) is 5.32 Å². The van der Waals surface area contributed by atoms with Crippen LogP contribution in [0.15, 0.2) is 48.5 Å². The number of carbonyl (C=O) groups is 2. The molecule has 368 valence electrons. The number of carbonyl (C=O) groups excluding carboxylic acids is 2. The second kappa shape index (κ2) is 22.9. The summed E-state index contributed by atoms with van der Waals surface area (Å²) in [5.74, 6) is 0.802. The Morgan fingerprint density at radius 3 is 2.50 bits per heavy atom. The van der Waals surface area contributed by atoms with Gasteiger partial charge in [-0.1, -0.05) is 65.1 Å². The summed E-state index contributed by atoms with van der Waals surface area (Å²) in [5, 5.41) is 75.3. The van der Waals surface area contributed by atoms with Crippen molar-refractivity contribution in [3.63, 3.8) is 0 Å². The zero-order chi connectivity index (χ0) is 48.0. The number of hydrogen-bond acceptors (Lipinski definition) is 14. The minimum absolute atomic E-state index is 0.00856. The third-order valence-corrected chi connectivity index (χ3v) is 17.9. The number of fused-ring (bicyclic) bond motifs is 10. The molecule has 5 aliphatic rings. The van der Waals surface area contributed by atoms with Gasteiger partial charge in [0.1, 0.15) is 23.5 Å². The summed E-state index contributed by atoms with van der Waals surface area (Å²) in [6.45, 7) is 1.91. The predicted octanol–water partition coefficient (Wildman–Crippen LogP) is 8.98. The molecule has 0 saturated heterocycles. The molecule has 9 rings (SSSR count). The van der Waals surface area contributed by atoms with Gasteiger partial charge >= 0.3 is 0 Å². The number of methoxy groups -OCH3 is 1. The Hall–Kier alpha value is -3.86. The first kappa shape index (κ1) is 50.5. The van der Waals surface area contributed by atoms with Crippen LogP contribution < -0.4 is 15.4 Å². The van der Waals surface area contributed by atoms with E-state index < -0.39 is 24.0 Å². The number of anilines is 1. The number of nitrogens with one attached hydrogen (secondary N) is 2. The maximum atomic E-state index is 14.6. The van der Waals surface area contributed by atoms with E-state index in [2.05, 4.69) is 10.6 Å². The number of ether oxygens (including phenoxy) is 2. The van der Waals surface area contributed by atoms with Crippen molar-refractivity contribution in [3.8, 4) is 28.4 Å². The van der Waals surface area contributed by atoms with Gasteiger partial charge in [-0.15, -0.1) is 0 Å². The number of phenolic OH excluding ortho intramolecular Hbond substituents is 2. The summed E-state index contributed by atoms with van der Waals surface area (Å²) in [6.07, 6.45) is 8.61. The number of benzene rings is 4. The molecule has 2 saturated carbocycles. The molecule has 0 unspecified atom stereocenters. The van der Waals surface area contributed by atoms with E-state index in [0.717, 1.165) is 94.8 Å². The molecule has 3 aliphatic carbocycles. The van der Waals surface area contributed by atoms with E-state index in [-0.39, 0.29) is 72.8 Å². The molecular weight excluding hydrogens is 901 g/mol. The number of aromatic hydroxyl groups is 2. The third-order valence-electron chi connectivity index (χ3n) is 15.1. The molecule has 14 heteroatoms. The number of Topliss-reactive ketones (excluding diaryl/α,β-unsaturated/α-hetero) is 2. The lowest BCUT2D eigenvalue weighted by Crippen LogP contribution is -2.41. The van der Waals surface area contributed by atoms with Crippen molar-refractivity contribution in [2.24, 2.45) is 11.8 Å². The van der Waals surface area contributed by atoms with E-state index in [1.165, 1.54) is 14.0 Å². The lowest BCUT2D eigenvalue weighted by molar-refractivity contribution is -0.128. The highest BCUT2D eigenvalue weighted by atomic mass is 33.1. The van der Waals surface area contributed by atoms with Gasteiger partial charge in [0, 0.05) is 47.3 Å². The van der Waals surface area contributed by atoms with Gasteiger partial charge in [-0.25, -0.2) is 0 Å². The van der Waals surface area contributed by atoms with Crippen molar-refractivity contribution in [3.05, 3.63) is 81.9 Å². The highest BCUT2D eigenvalue weighted by molar-refractivity contribution is 8.76. The van der Waals surface area contributed by atoms with E-state index in [4.69, 9.17) is 9.47 Å². The van der Waals surface area contributed by atoms with Crippen LogP contribution in [-0.2, 0) is 45.9 Å². The minimum Gasteiger partial charge on any atom is -0.508 e. The van der Waals surface area contributed by atoms with Crippen LogP contribution in [-0.4, -0.2) is 92.1 Å². The monoisotopic (exact) mass is 970 g/mol. The van der Waals surface area contributed by atoms with Crippen LogP contribution >= 0.6 is 21.6 Å². The number of aliphatic hydroxyl groups is 4. The molecular formula is C54H70N2O10S2. The molecule has 0 radical (unpaired) electrons. The SMILES string of the molecule is COc1c(O)ccc2c1-c1ccc3ccc(O)cc3c1CSS[C@H]1CC[C@H](C[C@@H]1O)[C@@H](O[C@H](NCCCC1(O)CCCCC1)c1cc(CO)c(NCC(C)=O)c3c1C[C@H](CO)CC3)CC(=O)CC2. The van der Waals surface area contributed by atoms with Crippen LogP contribution in [0.5, 0.6) is 17.2 Å². The van der Waals surface area contributed by atoms with Crippen molar-refractivity contribution >= 4 is 49.6 Å². The van der Waals surface area contributed by atoms with E-state index in [0.29, 0.717) is 74.1 Å². The number of ketones is 2. The Balaban J connectivity index is 1.16. The topological polar surface area (TPSA) is 198 Å². The molecule has 2 fully saturated rings. The molecule has 2 heterocycles. The van der Waals surface area contributed by atoms with Gasteiger partial charge in [0.2, 0.25) is 0 Å². The fraction of sp³-hybridized carbons (Fsp3) is 0.556. The molecule has 4 aromatic rings. The van der Waals surface area contributed by atoms with Gasteiger partial charge < -0.3 is 45.4 Å². The number of aliphatic hydroxyl groups excluding tert-OH is 3. The first-order valence-electron chi connectivity index (χ1n) is 24.7. The minimum atomic E-state index is -0.726. The Labute approximate surface area is 408 Å². The number of rotatable bonds is 14. The van der Waals surface area contributed by atoms with Gasteiger partial charge in [-0.05, 0) is 164 Å². The zero-order valence-electron chi connectivity index (χ0n) is 39.6. The average Bonchev–Trinajstić information content (AvgIpc) is 3.33. The maximum Gasteiger partial charge on any atom is 0.168 e. The first-order chi connectivity index (χ1) is 32.9. The van der Waals surface area contributed by atoms with Gasteiger partial charge in [-0.2, -0.15) is 0 Å². The third kappa shape index (κ3) is 11.7. The number of hydrogen-bond donors (Lipinski definition) is 8. The normalized spacial score (nSPS) is 23.6. The van der Waals surface area contributed by atoms with E-state index in [1.54, 1.807) is 39.8 Å². The molecule has 0 amide bonds. The van der Waals surface area contributed by atoms with Crippen LogP contribution in [0.25, 0.3) is 21.9 Å². The van der Waals surface area contributed by atoms with Crippen LogP contribution in [0, 0.1) is 11.8 Å². The molecule has 8 N–H and O–H groups in total. The first-order valence-corrected chi connectivity index (χ1v) is 27.1. The highest BCUT2D eigenvalue weighted by Crippen LogP contribution is 2.48. The van der Waals surface area contributed by atoms with Crippen molar-refractivity contribution in [1.29, 1.82) is 0 Å². The van der Waals surface area contributed by atoms with Crippen molar-refractivity contribution < 1.29 is 49.7 Å². The quantitative estimate of drug-likeness (QED) is 0.0339. The number of phenols is 2. The Morgan fingerprint density at radius 2 is 1.75 bits per heavy atom. The summed E-state index contributed by atoms with van der Waals surface area (Å²) in [7, 11) is 4.84. The van der Waals surface area contributed by atoms with Gasteiger partial charge in [-0.3, -0.25) is 14.9 Å². The molecule has 68 heavy (non-hydrogen) atoms. The van der Waals surface area contributed by atoms with Gasteiger partial charge in [0.05, 0.1) is 38.1 Å². The second-order valence-electron chi connectivity index (χ2n) is 19.8. The summed E-state index contributed by atoms with van der Waals surface area (Å²) < 4.78 is 13.2. The average molecular weight is 971 g/mol. The lowest BCUT2D eigenvalue weighted by Gasteiger charge is -2.39. The Morgan fingerprint density at radius 1 is 0.941 bits per heavy atom. The highest BCUT2D eigenvalue weighted by Gasteiger charge is 2.38. The molecule has 12 nitrogen and oxygen atoms in total. The molecule has 0 spiro atoms. The Kier molecular flexibility index (Phi) is 17.0. The molecule has 6 atom stereocenters. The zero-order valence-corrected chi connectivity index (χ0v) is 41.2. The second-order valence-corrected chi connectivity index (χ2v) is 22.4. The summed E-state index contributed by atoms with van der Waals surface area (Å²) in [5.41, 5.74) is 6.84. The molecule has 2 bridgehead atoms. The number of aryl methyl sites for hydroxylation is 1. The van der Waals surface area contributed by atoms with Crippen LogP contribution in [0.4, 0.5) is 5.69 Å². The van der Waals surface area contributed by atoms with E-state index in [9.17, 15) is 40.2 Å². The van der Waals surface area contributed by atoms with E-state index >= 15 is 0 Å². The fourth-order valence-corrected chi connectivity index (χ4v) is 14.3. The Bertz CT molecular complexity index is 2420. The smallest absolute Gasteiger partial charge is 0.168 e. The molecule has 2 aliphatic heterocycles. The maximum absolute atomic E-state index is 14.6. The van der Waals surface area contributed by atoms with Crippen LogP contribution in [0.2, 0.25) is 0 Å². The molecule has 4 aromatic carbocycles. The van der Waals surface area contributed by atoms with Crippen molar-refractivity contribution in [2.45, 2.75) is 151 Å². The van der Waals surface area contributed by atoms with Gasteiger partial charge in [0.15, 0.2) is 11.5 Å². The standard InChI is InChI=1S/C54H70N2O10S2/c1-32(59)28-56-51-37(30-58)24-44(43-23-33(29-57)7-15-41(43)51)53(55-22-6-21-54(64)19-4-3-5-20-54)66-48-27-39(61)14-9-35-11-17-46(62)52(65-2)50(35)40-16-10-34-8-13-38(60)26-42(34)45(40)31-67-68-49-18-12-36(48)25-47(49)63/h8,10-11,13,16-17,24,26,33,36,47-49,53,55-58,60,62-64H,3-7,9,12,14-15,18-23,25,27-31H2,1-2H3/t33-,36-,47+,48+,49+,53+/m1/s1. The van der Waals surface area contributed by atoms with Gasteiger partial charge in [0.25, 0.3) is 0 Å². The van der Waals surface area contributed by atoms with Crippen LogP contribution in [0.1, 0.15) is 130 Å². The summed E-state index contributed by atoms with van der Waals surface area (Å²) in [6, 6.07) is 14.8. The summed E-state index contributed by atoms with van der Waals surface area (Å²) >= 11 is 0. The van der Waals surface area contributed by atoms with Crippen molar-refractivity contribution in [2.75, 3.05) is 32.1 Å². The predicted molar refractivity (Wildman–Crippen MR) is 270 cm³/mol. The molecule has 0 aromatic heterocycles. The fourth-order valence-electron chi connectivity index (χ4n) is 11.4. The van der Waals surface area contributed by atoms with E-state index in [1.807, 2.05) is 30.3 Å². The largest absolute Gasteiger partial charge is 0.508 e.